The Morgan fingerprint density at radius 1 is 1.25 bits per heavy atom. The molecule has 1 saturated carbocycles. The van der Waals surface area contributed by atoms with Crippen LogP contribution in [0.4, 0.5) is 0 Å². The lowest BCUT2D eigenvalue weighted by atomic mass is 9.85. The van der Waals surface area contributed by atoms with E-state index in [1.807, 2.05) is 0 Å². The van der Waals surface area contributed by atoms with Crippen LogP contribution < -0.4 is 5.32 Å². The zero-order chi connectivity index (χ0) is 17.0. The van der Waals surface area contributed by atoms with Crippen molar-refractivity contribution in [3.63, 3.8) is 0 Å². The second kappa shape index (κ2) is 7.28. The van der Waals surface area contributed by atoms with Crippen LogP contribution in [0.15, 0.2) is 18.6 Å². The van der Waals surface area contributed by atoms with Gasteiger partial charge in [0.2, 0.25) is 5.91 Å². The molecule has 1 saturated heterocycles. The number of amides is 2. The zero-order valence-corrected chi connectivity index (χ0v) is 14.3. The van der Waals surface area contributed by atoms with Crippen molar-refractivity contribution in [3.8, 4) is 0 Å². The molecule has 0 aromatic carbocycles. The van der Waals surface area contributed by atoms with E-state index >= 15 is 0 Å². The number of carbonyl (C=O) groups excluding carboxylic acids is 2. The molecule has 2 amide bonds. The van der Waals surface area contributed by atoms with Crippen molar-refractivity contribution in [1.82, 2.24) is 20.2 Å². The maximum atomic E-state index is 13.0. The lowest BCUT2D eigenvalue weighted by molar-refractivity contribution is -0.146. The molecule has 2 aliphatic rings. The lowest BCUT2D eigenvalue weighted by Gasteiger charge is -2.37. The number of hydrogen-bond acceptors (Lipinski definition) is 4. The van der Waals surface area contributed by atoms with Crippen LogP contribution in [0.25, 0.3) is 0 Å². The summed E-state index contributed by atoms with van der Waals surface area (Å²) in [6.45, 7) is 0.607. The first-order chi connectivity index (χ1) is 11.7. The summed E-state index contributed by atoms with van der Waals surface area (Å²) in [5.41, 5.74) is -0.437. The summed E-state index contributed by atoms with van der Waals surface area (Å²) in [4.78, 5) is 36.0. The van der Waals surface area contributed by atoms with Crippen molar-refractivity contribution in [2.45, 2.75) is 56.9 Å². The summed E-state index contributed by atoms with van der Waals surface area (Å²) in [5, 5.41) is 2.73. The van der Waals surface area contributed by atoms with Gasteiger partial charge in [-0.3, -0.25) is 19.6 Å². The topological polar surface area (TPSA) is 75.2 Å². The minimum Gasteiger partial charge on any atom is -0.357 e. The van der Waals surface area contributed by atoms with Gasteiger partial charge in [-0.05, 0) is 31.6 Å². The van der Waals surface area contributed by atoms with Crippen molar-refractivity contribution < 1.29 is 9.59 Å². The van der Waals surface area contributed by atoms with E-state index < -0.39 is 5.54 Å². The number of rotatable bonds is 4. The van der Waals surface area contributed by atoms with Crippen molar-refractivity contribution in [3.05, 3.63) is 24.3 Å². The van der Waals surface area contributed by atoms with E-state index in [1.165, 1.54) is 19.3 Å². The third-order valence-electron chi connectivity index (χ3n) is 5.46. The fourth-order valence-corrected chi connectivity index (χ4v) is 4.24. The van der Waals surface area contributed by atoms with Gasteiger partial charge in [-0.1, -0.05) is 19.3 Å². The van der Waals surface area contributed by atoms with Gasteiger partial charge in [0.05, 0.1) is 11.9 Å². The van der Waals surface area contributed by atoms with Gasteiger partial charge in [-0.2, -0.15) is 0 Å². The van der Waals surface area contributed by atoms with Crippen molar-refractivity contribution in [2.24, 2.45) is 5.92 Å². The normalized spacial score (nSPS) is 24.8. The molecular formula is C18H26N4O2. The highest BCUT2D eigenvalue weighted by Gasteiger charge is 2.52. The number of likely N-dealkylation sites (N-methyl/N-ethyl adjacent to an activating group) is 1. The van der Waals surface area contributed by atoms with Gasteiger partial charge in [0.15, 0.2) is 5.54 Å². The highest BCUT2D eigenvalue weighted by molar-refractivity contribution is 5.92. The summed E-state index contributed by atoms with van der Waals surface area (Å²) >= 11 is 0. The quantitative estimate of drug-likeness (QED) is 0.916. The van der Waals surface area contributed by atoms with E-state index in [4.69, 9.17) is 0 Å². The van der Waals surface area contributed by atoms with Crippen LogP contribution in [0, 0.1) is 5.92 Å². The van der Waals surface area contributed by atoms with Crippen LogP contribution in [0.1, 0.15) is 57.1 Å². The summed E-state index contributed by atoms with van der Waals surface area (Å²) < 4.78 is 0. The maximum absolute atomic E-state index is 13.0. The van der Waals surface area contributed by atoms with Crippen LogP contribution in [-0.4, -0.2) is 40.3 Å². The molecule has 24 heavy (non-hydrogen) atoms. The summed E-state index contributed by atoms with van der Waals surface area (Å²) in [6, 6.07) is 0. The molecule has 0 radical (unpaired) electrons. The molecule has 1 aromatic heterocycles. The Hall–Kier alpha value is -1.98. The van der Waals surface area contributed by atoms with Gasteiger partial charge in [-0.25, -0.2) is 0 Å². The largest absolute Gasteiger partial charge is 0.357 e. The minimum absolute atomic E-state index is 0.0775. The number of likely N-dealkylation sites (tertiary alicyclic amines) is 1. The molecule has 1 aliphatic carbocycles. The molecule has 1 atom stereocenters. The smallest absolute Gasteiger partial charge is 0.252 e. The zero-order valence-electron chi connectivity index (χ0n) is 14.3. The number of aromatic nitrogens is 2. The van der Waals surface area contributed by atoms with Crippen LogP contribution in [0.3, 0.4) is 0 Å². The second-order valence-corrected chi connectivity index (χ2v) is 6.89. The molecule has 3 rings (SSSR count). The number of hydrogen-bond donors (Lipinski definition) is 1. The molecule has 0 bridgehead atoms. The molecular weight excluding hydrogens is 304 g/mol. The maximum Gasteiger partial charge on any atom is 0.252 e. The van der Waals surface area contributed by atoms with E-state index in [0.29, 0.717) is 31.0 Å². The van der Waals surface area contributed by atoms with Gasteiger partial charge < -0.3 is 10.2 Å². The second-order valence-electron chi connectivity index (χ2n) is 6.89. The SMILES string of the molecule is CNC(=O)C1(c2cnccn2)CCCN1C(=O)CC1CCCCC1. The number of carbonyl (C=O) groups is 2. The van der Waals surface area contributed by atoms with Gasteiger partial charge in [-0.15, -0.1) is 0 Å². The first kappa shape index (κ1) is 16.9. The summed E-state index contributed by atoms with van der Waals surface area (Å²) in [6.07, 6.45) is 12.7. The average Bonchev–Trinajstić information content (AvgIpc) is 3.09. The van der Waals surface area contributed by atoms with Crippen LogP contribution in [0.5, 0.6) is 0 Å². The third kappa shape index (κ3) is 3.01. The van der Waals surface area contributed by atoms with Crippen molar-refractivity contribution >= 4 is 11.8 Å². The number of nitrogens with one attached hydrogen (secondary N) is 1. The molecule has 1 N–H and O–H groups in total. The van der Waals surface area contributed by atoms with Crippen LogP contribution in [-0.2, 0) is 15.1 Å². The van der Waals surface area contributed by atoms with Crippen molar-refractivity contribution in [2.75, 3.05) is 13.6 Å². The highest BCUT2D eigenvalue weighted by Crippen LogP contribution is 2.39. The molecule has 6 nitrogen and oxygen atoms in total. The Morgan fingerprint density at radius 3 is 2.71 bits per heavy atom. The molecule has 130 valence electrons. The first-order valence-corrected chi connectivity index (χ1v) is 8.97. The molecule has 2 heterocycles. The minimum atomic E-state index is -1.01. The third-order valence-corrected chi connectivity index (χ3v) is 5.46. The van der Waals surface area contributed by atoms with E-state index in [1.54, 1.807) is 30.5 Å². The summed E-state index contributed by atoms with van der Waals surface area (Å²) in [7, 11) is 1.61. The molecule has 6 heteroatoms. The Bertz CT molecular complexity index is 586. The Morgan fingerprint density at radius 2 is 2.04 bits per heavy atom. The average molecular weight is 330 g/mol. The Kier molecular flexibility index (Phi) is 5.11. The van der Waals surface area contributed by atoms with E-state index in [0.717, 1.165) is 19.3 Å². The Labute approximate surface area is 143 Å². The lowest BCUT2D eigenvalue weighted by Crippen LogP contribution is -2.55. The molecule has 2 fully saturated rings. The molecule has 1 aliphatic heterocycles. The predicted octanol–water partition coefficient (Wildman–Crippen LogP) is 2.01. The van der Waals surface area contributed by atoms with Gasteiger partial charge in [0, 0.05) is 32.4 Å². The molecule has 1 aromatic rings. The van der Waals surface area contributed by atoms with Gasteiger partial charge in [0.1, 0.15) is 0 Å². The molecule has 0 spiro atoms. The van der Waals surface area contributed by atoms with Crippen LogP contribution >= 0.6 is 0 Å². The fraction of sp³-hybridized carbons (Fsp3) is 0.667. The summed E-state index contributed by atoms with van der Waals surface area (Å²) in [5.74, 6) is 0.363. The van der Waals surface area contributed by atoms with E-state index in [-0.39, 0.29) is 11.8 Å². The number of nitrogens with zero attached hydrogens (tertiary/aromatic N) is 3. The van der Waals surface area contributed by atoms with Gasteiger partial charge in [0.25, 0.3) is 5.91 Å². The Balaban J connectivity index is 1.87. The van der Waals surface area contributed by atoms with E-state index in [2.05, 4.69) is 15.3 Å². The monoisotopic (exact) mass is 330 g/mol. The van der Waals surface area contributed by atoms with Gasteiger partial charge >= 0.3 is 0 Å². The molecule has 1 unspecified atom stereocenters. The predicted molar refractivity (Wildman–Crippen MR) is 89.9 cm³/mol. The highest BCUT2D eigenvalue weighted by atomic mass is 16.2. The van der Waals surface area contributed by atoms with Crippen molar-refractivity contribution in [1.29, 1.82) is 0 Å². The fourth-order valence-electron chi connectivity index (χ4n) is 4.24. The first-order valence-electron chi connectivity index (χ1n) is 8.97. The standard InChI is InChI=1S/C18H26N4O2/c1-19-17(24)18(15-13-20-9-10-21-15)8-5-11-22(18)16(23)12-14-6-3-2-4-7-14/h9-10,13-14H,2-8,11-12H2,1H3,(H,19,24). The van der Waals surface area contributed by atoms with E-state index in [9.17, 15) is 9.59 Å². The van der Waals surface area contributed by atoms with Crippen LogP contribution in [0.2, 0.25) is 0 Å².